The molecule has 0 unspecified atom stereocenters. The van der Waals surface area contributed by atoms with Crippen LogP contribution in [-0.4, -0.2) is 11.2 Å². The Labute approximate surface area is 106 Å². The summed E-state index contributed by atoms with van der Waals surface area (Å²) in [5.41, 5.74) is 3.38. The Hall–Kier alpha value is -1.48. The van der Waals surface area contributed by atoms with Crippen LogP contribution < -0.4 is 5.32 Å². The van der Waals surface area contributed by atoms with Gasteiger partial charge in [0.2, 0.25) is 0 Å². The Balaban J connectivity index is 1.95. The summed E-state index contributed by atoms with van der Waals surface area (Å²) >= 11 is 1.75. The molecule has 0 saturated carbocycles. The van der Waals surface area contributed by atoms with E-state index < -0.39 is 0 Å². The zero-order valence-electron chi connectivity index (χ0n) is 10.1. The van der Waals surface area contributed by atoms with Gasteiger partial charge in [-0.1, -0.05) is 6.07 Å². The highest BCUT2D eigenvalue weighted by atomic mass is 32.2. The summed E-state index contributed by atoms with van der Waals surface area (Å²) in [4.78, 5) is 5.64. The minimum atomic E-state index is 0.763. The molecule has 0 atom stereocenters. The minimum Gasteiger partial charge on any atom is -0.379 e. The van der Waals surface area contributed by atoms with Crippen LogP contribution in [-0.2, 0) is 6.54 Å². The number of hydrogen-bond acceptors (Lipinski definition) is 3. The summed E-state index contributed by atoms with van der Waals surface area (Å²) in [6, 6.07) is 12.6. The first-order valence-corrected chi connectivity index (χ1v) is 6.80. The zero-order valence-corrected chi connectivity index (χ0v) is 10.9. The van der Waals surface area contributed by atoms with Crippen molar-refractivity contribution in [1.82, 2.24) is 4.98 Å². The lowest BCUT2D eigenvalue weighted by atomic mass is 10.2. The van der Waals surface area contributed by atoms with Gasteiger partial charge < -0.3 is 5.32 Å². The lowest BCUT2D eigenvalue weighted by Crippen LogP contribution is -2.01. The lowest BCUT2D eigenvalue weighted by Gasteiger charge is -2.06. The number of nitrogens with zero attached hydrogens (tertiary/aromatic N) is 1. The molecule has 0 radical (unpaired) electrons. The molecule has 1 N–H and O–H groups in total. The molecule has 0 saturated heterocycles. The van der Waals surface area contributed by atoms with Crippen molar-refractivity contribution in [1.29, 1.82) is 0 Å². The smallest absolute Gasteiger partial charge is 0.0594 e. The van der Waals surface area contributed by atoms with Crippen molar-refractivity contribution in [3.05, 3.63) is 53.9 Å². The predicted octanol–water partition coefficient (Wildman–Crippen LogP) is 3.72. The SMILES string of the molecule is CSc1ccc(NCc2ccc(C)cn2)cc1. The third kappa shape index (κ3) is 3.49. The summed E-state index contributed by atoms with van der Waals surface area (Å²) in [7, 11) is 0. The lowest BCUT2D eigenvalue weighted by molar-refractivity contribution is 1.04. The summed E-state index contributed by atoms with van der Waals surface area (Å²) in [6.07, 6.45) is 3.98. The van der Waals surface area contributed by atoms with Gasteiger partial charge in [-0.15, -0.1) is 11.8 Å². The topological polar surface area (TPSA) is 24.9 Å². The van der Waals surface area contributed by atoms with Gasteiger partial charge >= 0.3 is 0 Å². The van der Waals surface area contributed by atoms with E-state index in [0.717, 1.165) is 17.9 Å². The first-order valence-electron chi connectivity index (χ1n) is 5.57. The fraction of sp³-hybridized carbons (Fsp3) is 0.214. The van der Waals surface area contributed by atoms with Crippen LogP contribution in [0.15, 0.2) is 47.5 Å². The Bertz CT molecular complexity index is 463. The second kappa shape index (κ2) is 5.73. The number of hydrogen-bond donors (Lipinski definition) is 1. The molecule has 0 spiro atoms. The van der Waals surface area contributed by atoms with E-state index in [-0.39, 0.29) is 0 Å². The van der Waals surface area contributed by atoms with Crippen molar-refractivity contribution in [3.8, 4) is 0 Å². The molecular weight excluding hydrogens is 228 g/mol. The van der Waals surface area contributed by atoms with Gasteiger partial charge in [0.25, 0.3) is 0 Å². The first-order chi connectivity index (χ1) is 8.28. The van der Waals surface area contributed by atoms with Crippen LogP contribution >= 0.6 is 11.8 Å². The molecule has 1 heterocycles. The molecule has 17 heavy (non-hydrogen) atoms. The summed E-state index contributed by atoms with van der Waals surface area (Å²) < 4.78 is 0. The second-order valence-corrected chi connectivity index (χ2v) is 4.79. The Morgan fingerprint density at radius 2 is 1.88 bits per heavy atom. The van der Waals surface area contributed by atoms with Crippen molar-refractivity contribution < 1.29 is 0 Å². The summed E-state index contributed by atoms with van der Waals surface area (Å²) in [6.45, 7) is 2.81. The molecule has 2 aromatic rings. The number of rotatable bonds is 4. The number of aryl methyl sites for hydroxylation is 1. The number of nitrogens with one attached hydrogen (secondary N) is 1. The van der Waals surface area contributed by atoms with E-state index in [1.807, 2.05) is 13.1 Å². The van der Waals surface area contributed by atoms with Crippen LogP contribution in [0.5, 0.6) is 0 Å². The highest BCUT2D eigenvalue weighted by Crippen LogP contribution is 2.17. The number of pyridine rings is 1. The van der Waals surface area contributed by atoms with Gasteiger partial charge in [-0.05, 0) is 49.1 Å². The molecule has 0 aliphatic heterocycles. The Morgan fingerprint density at radius 3 is 2.47 bits per heavy atom. The maximum absolute atomic E-state index is 4.36. The molecule has 88 valence electrons. The van der Waals surface area contributed by atoms with Gasteiger partial charge in [0.05, 0.1) is 12.2 Å². The number of anilines is 1. The van der Waals surface area contributed by atoms with Gasteiger partial charge in [-0.3, -0.25) is 4.98 Å². The molecule has 2 nitrogen and oxygen atoms in total. The van der Waals surface area contributed by atoms with Crippen molar-refractivity contribution in [2.45, 2.75) is 18.4 Å². The molecule has 1 aromatic carbocycles. The van der Waals surface area contributed by atoms with Crippen molar-refractivity contribution in [2.24, 2.45) is 0 Å². The maximum atomic E-state index is 4.36. The average Bonchev–Trinajstić information content (AvgIpc) is 2.39. The van der Waals surface area contributed by atoms with Crippen LogP contribution in [0.4, 0.5) is 5.69 Å². The molecule has 0 aliphatic rings. The van der Waals surface area contributed by atoms with E-state index >= 15 is 0 Å². The minimum absolute atomic E-state index is 0.763. The third-order valence-corrected chi connectivity index (χ3v) is 3.28. The molecule has 3 heteroatoms. The molecule has 0 fully saturated rings. The van der Waals surface area contributed by atoms with Crippen molar-refractivity contribution in [2.75, 3.05) is 11.6 Å². The molecular formula is C14H16N2S. The highest BCUT2D eigenvalue weighted by molar-refractivity contribution is 7.98. The molecule has 0 amide bonds. The number of benzene rings is 1. The van der Waals surface area contributed by atoms with E-state index in [1.165, 1.54) is 10.5 Å². The standard InChI is InChI=1S/C14H16N2S/c1-11-3-4-13(15-9-11)10-16-12-5-7-14(17-2)8-6-12/h3-9,16H,10H2,1-2H3. The second-order valence-electron chi connectivity index (χ2n) is 3.91. The highest BCUT2D eigenvalue weighted by Gasteiger charge is 1.95. The van der Waals surface area contributed by atoms with E-state index in [1.54, 1.807) is 11.8 Å². The van der Waals surface area contributed by atoms with Crippen LogP contribution in [0.1, 0.15) is 11.3 Å². The van der Waals surface area contributed by atoms with E-state index in [9.17, 15) is 0 Å². The molecule has 2 rings (SSSR count). The Kier molecular flexibility index (Phi) is 4.04. The van der Waals surface area contributed by atoms with E-state index in [2.05, 4.69) is 53.0 Å². The molecule has 1 aromatic heterocycles. The quantitative estimate of drug-likeness (QED) is 0.830. The monoisotopic (exact) mass is 244 g/mol. The van der Waals surface area contributed by atoms with Gasteiger partial charge in [0.15, 0.2) is 0 Å². The van der Waals surface area contributed by atoms with E-state index in [4.69, 9.17) is 0 Å². The normalized spacial score (nSPS) is 10.2. The maximum Gasteiger partial charge on any atom is 0.0594 e. The van der Waals surface area contributed by atoms with Crippen LogP contribution in [0.2, 0.25) is 0 Å². The van der Waals surface area contributed by atoms with Gasteiger partial charge in [0, 0.05) is 16.8 Å². The predicted molar refractivity (Wildman–Crippen MR) is 74.5 cm³/mol. The zero-order chi connectivity index (χ0) is 12.1. The van der Waals surface area contributed by atoms with Gasteiger partial charge in [-0.25, -0.2) is 0 Å². The molecule has 0 bridgehead atoms. The summed E-state index contributed by atoms with van der Waals surface area (Å²) in [5.74, 6) is 0. The van der Waals surface area contributed by atoms with Gasteiger partial charge in [-0.2, -0.15) is 0 Å². The largest absolute Gasteiger partial charge is 0.379 e. The van der Waals surface area contributed by atoms with Crippen LogP contribution in [0.3, 0.4) is 0 Å². The fourth-order valence-corrected chi connectivity index (χ4v) is 1.91. The number of aromatic nitrogens is 1. The van der Waals surface area contributed by atoms with Crippen molar-refractivity contribution in [3.63, 3.8) is 0 Å². The fourth-order valence-electron chi connectivity index (χ4n) is 1.50. The van der Waals surface area contributed by atoms with Crippen LogP contribution in [0.25, 0.3) is 0 Å². The summed E-state index contributed by atoms with van der Waals surface area (Å²) in [5, 5.41) is 3.36. The number of thioether (sulfide) groups is 1. The van der Waals surface area contributed by atoms with Crippen LogP contribution in [0, 0.1) is 6.92 Å². The van der Waals surface area contributed by atoms with E-state index in [0.29, 0.717) is 0 Å². The first kappa shape index (κ1) is 12.0. The van der Waals surface area contributed by atoms with Crippen molar-refractivity contribution >= 4 is 17.4 Å². The Morgan fingerprint density at radius 1 is 1.12 bits per heavy atom. The molecule has 0 aliphatic carbocycles. The van der Waals surface area contributed by atoms with Gasteiger partial charge in [0.1, 0.15) is 0 Å². The average molecular weight is 244 g/mol. The third-order valence-electron chi connectivity index (χ3n) is 2.54.